The number of rotatable bonds is 5. The Hall–Kier alpha value is -1.99. The van der Waals surface area contributed by atoms with Crippen LogP contribution in [-0.4, -0.2) is 53.6 Å². The molecule has 1 aliphatic heterocycles. The van der Waals surface area contributed by atoms with Gasteiger partial charge in [-0.25, -0.2) is 9.97 Å². The molecule has 1 amide bonds. The lowest BCUT2D eigenvalue weighted by Gasteiger charge is -2.32. The van der Waals surface area contributed by atoms with Crippen LogP contribution < -0.4 is 5.32 Å². The Bertz CT molecular complexity index is 647. The van der Waals surface area contributed by atoms with Crippen LogP contribution in [0.1, 0.15) is 22.5 Å². The van der Waals surface area contributed by atoms with Gasteiger partial charge in [0.2, 0.25) is 0 Å². The first-order chi connectivity index (χ1) is 11.3. The number of amides is 1. The zero-order valence-corrected chi connectivity index (χ0v) is 13.9. The highest BCUT2D eigenvalue weighted by atomic mass is 32.1. The molecule has 7 heteroatoms. The number of carbonyl (C=O) groups excluding carboxylic acids is 1. The molecule has 3 heterocycles. The van der Waals surface area contributed by atoms with E-state index in [1.165, 1.54) is 16.9 Å². The van der Waals surface area contributed by atoms with E-state index in [0.29, 0.717) is 25.4 Å². The summed E-state index contributed by atoms with van der Waals surface area (Å²) >= 11 is 1.44. The Kier molecular flexibility index (Phi) is 5.19. The van der Waals surface area contributed by atoms with Crippen molar-refractivity contribution < 1.29 is 9.53 Å². The topological polar surface area (TPSA) is 67.4 Å². The van der Waals surface area contributed by atoms with Crippen LogP contribution in [0.5, 0.6) is 0 Å². The van der Waals surface area contributed by atoms with Crippen LogP contribution in [-0.2, 0) is 11.2 Å². The molecular formula is C16H20N4O2S. The van der Waals surface area contributed by atoms with Crippen molar-refractivity contribution in [2.24, 2.45) is 0 Å². The van der Waals surface area contributed by atoms with Crippen molar-refractivity contribution in [3.05, 3.63) is 40.5 Å². The first-order valence-electron chi connectivity index (χ1n) is 7.68. The van der Waals surface area contributed by atoms with Gasteiger partial charge in [-0.1, -0.05) is 0 Å². The second kappa shape index (κ2) is 7.52. The third-order valence-electron chi connectivity index (χ3n) is 3.91. The van der Waals surface area contributed by atoms with E-state index < -0.39 is 0 Å². The Balaban J connectivity index is 1.55. The summed E-state index contributed by atoms with van der Waals surface area (Å²) in [5, 5.41) is 4.84. The van der Waals surface area contributed by atoms with Gasteiger partial charge in [0.25, 0.3) is 5.91 Å². The fraction of sp³-hybridized carbons (Fsp3) is 0.438. The average molecular weight is 332 g/mol. The molecule has 23 heavy (non-hydrogen) atoms. The van der Waals surface area contributed by atoms with Crippen LogP contribution >= 0.6 is 11.3 Å². The van der Waals surface area contributed by atoms with E-state index in [4.69, 9.17) is 4.74 Å². The predicted molar refractivity (Wildman–Crippen MR) is 89.9 cm³/mol. The molecule has 0 spiro atoms. The van der Waals surface area contributed by atoms with Crippen molar-refractivity contribution in [3.8, 4) is 0 Å². The van der Waals surface area contributed by atoms with Crippen molar-refractivity contribution in [3.63, 3.8) is 0 Å². The molecule has 1 saturated heterocycles. The van der Waals surface area contributed by atoms with Crippen molar-refractivity contribution in [2.75, 3.05) is 32.1 Å². The summed E-state index contributed by atoms with van der Waals surface area (Å²) in [4.78, 5) is 22.5. The summed E-state index contributed by atoms with van der Waals surface area (Å²) in [6.07, 6.45) is 3.66. The highest BCUT2D eigenvalue weighted by Crippen LogP contribution is 2.16. The maximum atomic E-state index is 12.4. The smallest absolute Gasteiger partial charge is 0.273 e. The maximum absolute atomic E-state index is 12.4. The molecule has 0 saturated carbocycles. The molecule has 1 aliphatic rings. The minimum Gasteiger partial charge on any atom is -0.375 e. The van der Waals surface area contributed by atoms with Gasteiger partial charge >= 0.3 is 0 Å². The van der Waals surface area contributed by atoms with Gasteiger partial charge in [0, 0.05) is 31.7 Å². The summed E-state index contributed by atoms with van der Waals surface area (Å²) in [5.74, 6) is 0.869. The first kappa shape index (κ1) is 15.9. The SMILES string of the molecule is CNc1cc(CCC2CN(C(=O)c3cscn3)CCO2)ccn1. The monoisotopic (exact) mass is 332 g/mol. The number of hydrogen-bond donors (Lipinski definition) is 1. The molecule has 122 valence electrons. The lowest BCUT2D eigenvalue weighted by molar-refractivity contribution is -0.0247. The number of nitrogens with zero attached hydrogens (tertiary/aromatic N) is 3. The third kappa shape index (κ3) is 4.05. The lowest BCUT2D eigenvalue weighted by atomic mass is 10.1. The van der Waals surface area contributed by atoms with Gasteiger partial charge in [0.05, 0.1) is 18.2 Å². The highest BCUT2D eigenvalue weighted by molar-refractivity contribution is 7.07. The molecule has 1 unspecified atom stereocenters. The Morgan fingerprint density at radius 1 is 1.52 bits per heavy atom. The molecular weight excluding hydrogens is 312 g/mol. The van der Waals surface area contributed by atoms with E-state index in [0.717, 1.165) is 18.7 Å². The molecule has 2 aromatic rings. The number of anilines is 1. The molecule has 1 N–H and O–H groups in total. The maximum Gasteiger partial charge on any atom is 0.273 e. The number of morpholine rings is 1. The molecule has 0 aromatic carbocycles. The molecule has 0 aliphatic carbocycles. The Labute approximate surface area is 139 Å². The first-order valence-corrected chi connectivity index (χ1v) is 8.62. The molecule has 3 rings (SSSR count). The summed E-state index contributed by atoms with van der Waals surface area (Å²) in [7, 11) is 1.86. The van der Waals surface area contributed by atoms with Gasteiger partial charge in [-0.05, 0) is 30.5 Å². The van der Waals surface area contributed by atoms with Crippen LogP contribution in [0.3, 0.4) is 0 Å². The van der Waals surface area contributed by atoms with Gasteiger partial charge in [-0.15, -0.1) is 11.3 Å². The fourth-order valence-corrected chi connectivity index (χ4v) is 3.18. The fourth-order valence-electron chi connectivity index (χ4n) is 2.65. The normalized spacial score (nSPS) is 18.0. The second-order valence-corrected chi connectivity index (χ2v) is 6.17. The summed E-state index contributed by atoms with van der Waals surface area (Å²) in [6, 6.07) is 4.06. The van der Waals surface area contributed by atoms with Gasteiger partial charge < -0.3 is 15.0 Å². The summed E-state index contributed by atoms with van der Waals surface area (Å²) in [5.41, 5.74) is 3.44. The van der Waals surface area contributed by atoms with Crippen molar-refractivity contribution in [1.82, 2.24) is 14.9 Å². The van der Waals surface area contributed by atoms with Crippen LogP contribution in [0.15, 0.2) is 29.2 Å². The third-order valence-corrected chi connectivity index (χ3v) is 4.50. The number of ether oxygens (including phenoxy) is 1. The molecule has 0 radical (unpaired) electrons. The minimum atomic E-state index is 0.000861. The van der Waals surface area contributed by atoms with Gasteiger partial charge in [0.1, 0.15) is 11.5 Å². The lowest BCUT2D eigenvalue weighted by Crippen LogP contribution is -2.45. The van der Waals surface area contributed by atoms with Gasteiger partial charge in [-0.3, -0.25) is 4.79 Å². The average Bonchev–Trinajstić information content (AvgIpc) is 3.14. The Morgan fingerprint density at radius 2 is 2.43 bits per heavy atom. The number of carbonyl (C=O) groups is 1. The van der Waals surface area contributed by atoms with E-state index in [9.17, 15) is 4.79 Å². The quantitative estimate of drug-likeness (QED) is 0.908. The highest BCUT2D eigenvalue weighted by Gasteiger charge is 2.25. The molecule has 6 nitrogen and oxygen atoms in total. The van der Waals surface area contributed by atoms with E-state index in [-0.39, 0.29) is 12.0 Å². The Morgan fingerprint density at radius 3 is 3.22 bits per heavy atom. The van der Waals surface area contributed by atoms with E-state index >= 15 is 0 Å². The predicted octanol–water partition coefficient (Wildman–Crippen LogP) is 2.05. The molecule has 2 aromatic heterocycles. The molecule has 0 bridgehead atoms. The van der Waals surface area contributed by atoms with Crippen LogP contribution in [0.25, 0.3) is 0 Å². The standard InChI is InChI=1S/C16H20N4O2S/c1-17-15-8-12(4-5-18-15)2-3-13-9-20(6-7-22-13)16(21)14-10-23-11-19-14/h4-5,8,10-11,13H,2-3,6-7,9H2,1H3,(H,17,18). The number of aryl methyl sites for hydroxylation is 1. The largest absolute Gasteiger partial charge is 0.375 e. The van der Waals surface area contributed by atoms with Crippen LogP contribution in [0.4, 0.5) is 5.82 Å². The minimum absolute atomic E-state index is 0.000861. The van der Waals surface area contributed by atoms with Gasteiger partial charge in [-0.2, -0.15) is 0 Å². The van der Waals surface area contributed by atoms with Crippen molar-refractivity contribution in [1.29, 1.82) is 0 Å². The summed E-state index contributed by atoms with van der Waals surface area (Å²) < 4.78 is 5.81. The van der Waals surface area contributed by atoms with E-state index in [2.05, 4.69) is 15.3 Å². The van der Waals surface area contributed by atoms with Crippen molar-refractivity contribution in [2.45, 2.75) is 18.9 Å². The molecule has 1 atom stereocenters. The molecule has 1 fully saturated rings. The van der Waals surface area contributed by atoms with E-state index in [1.54, 1.807) is 17.1 Å². The number of thiazole rings is 1. The van der Waals surface area contributed by atoms with Crippen LogP contribution in [0.2, 0.25) is 0 Å². The zero-order valence-electron chi connectivity index (χ0n) is 13.1. The summed E-state index contributed by atoms with van der Waals surface area (Å²) in [6.45, 7) is 1.84. The number of hydrogen-bond acceptors (Lipinski definition) is 6. The number of nitrogens with one attached hydrogen (secondary N) is 1. The van der Waals surface area contributed by atoms with E-state index in [1.807, 2.05) is 24.1 Å². The second-order valence-electron chi connectivity index (χ2n) is 5.46. The van der Waals surface area contributed by atoms with Crippen LogP contribution in [0, 0.1) is 0 Å². The van der Waals surface area contributed by atoms with Gasteiger partial charge in [0.15, 0.2) is 0 Å². The number of aromatic nitrogens is 2. The van der Waals surface area contributed by atoms with Crippen molar-refractivity contribution >= 4 is 23.1 Å². The zero-order chi connectivity index (χ0) is 16.1. The number of pyridine rings is 1.